The zero-order chi connectivity index (χ0) is 19.2. The van der Waals surface area contributed by atoms with E-state index in [1.165, 1.54) is 33.0 Å². The van der Waals surface area contributed by atoms with E-state index in [9.17, 15) is 0 Å². The van der Waals surface area contributed by atoms with Crippen molar-refractivity contribution in [2.24, 2.45) is 0 Å². The van der Waals surface area contributed by atoms with Crippen LogP contribution in [0.2, 0.25) is 0 Å². The molecule has 140 valence electrons. The van der Waals surface area contributed by atoms with E-state index in [-0.39, 0.29) is 0 Å². The molecule has 1 aromatic heterocycles. The van der Waals surface area contributed by atoms with Gasteiger partial charge in [0.1, 0.15) is 12.4 Å². The van der Waals surface area contributed by atoms with Crippen LogP contribution >= 0.6 is 0 Å². The second kappa shape index (κ2) is 8.68. The van der Waals surface area contributed by atoms with E-state index in [1.54, 1.807) is 0 Å². The van der Waals surface area contributed by atoms with Crippen LogP contribution in [0.15, 0.2) is 85.2 Å². The summed E-state index contributed by atoms with van der Waals surface area (Å²) < 4.78 is 6.24. The van der Waals surface area contributed by atoms with Crippen molar-refractivity contribution in [3.8, 4) is 5.75 Å². The number of rotatable bonds is 7. The summed E-state index contributed by atoms with van der Waals surface area (Å²) >= 11 is 0. The molecule has 0 amide bonds. The summed E-state index contributed by atoms with van der Waals surface area (Å²) in [6, 6.07) is 25.2. The highest BCUT2D eigenvalue weighted by Crippen LogP contribution is 2.29. The van der Waals surface area contributed by atoms with E-state index >= 15 is 0 Å². The largest absolute Gasteiger partial charge is 0.489 e. The summed E-state index contributed by atoms with van der Waals surface area (Å²) in [4.78, 5) is 4.08. The minimum atomic E-state index is 0.567. The van der Waals surface area contributed by atoms with Crippen LogP contribution in [0.4, 0.5) is 0 Å². The number of fused-ring (bicyclic) bond motifs is 1. The molecule has 0 bridgehead atoms. The Morgan fingerprint density at radius 2 is 1.68 bits per heavy atom. The minimum absolute atomic E-state index is 0.567. The van der Waals surface area contributed by atoms with Crippen molar-refractivity contribution in [3.05, 3.63) is 107 Å². The topological polar surface area (TPSA) is 34.1 Å². The van der Waals surface area contributed by atoms with Gasteiger partial charge in [-0.3, -0.25) is 4.98 Å². The molecular weight excluding hydrogens is 344 g/mol. The van der Waals surface area contributed by atoms with Crippen LogP contribution in [-0.4, -0.2) is 4.98 Å². The lowest BCUT2D eigenvalue weighted by atomic mass is 10.0. The van der Waals surface area contributed by atoms with E-state index < -0.39 is 0 Å². The van der Waals surface area contributed by atoms with Gasteiger partial charge in [-0.25, -0.2) is 0 Å². The summed E-state index contributed by atoms with van der Waals surface area (Å²) in [7, 11) is 0. The Morgan fingerprint density at radius 3 is 2.54 bits per heavy atom. The Morgan fingerprint density at radius 1 is 0.821 bits per heavy atom. The van der Waals surface area contributed by atoms with Crippen molar-refractivity contribution in [3.63, 3.8) is 0 Å². The monoisotopic (exact) mass is 368 g/mol. The van der Waals surface area contributed by atoms with Gasteiger partial charge in [0.2, 0.25) is 0 Å². The third-order valence-corrected chi connectivity index (χ3v) is 4.85. The fraction of sp³-hybridized carbons (Fsp3) is 0.160. The van der Waals surface area contributed by atoms with Crippen LogP contribution in [0.1, 0.15) is 22.3 Å². The highest BCUT2D eigenvalue weighted by molar-refractivity contribution is 5.87. The fourth-order valence-electron chi connectivity index (χ4n) is 3.43. The predicted molar refractivity (Wildman–Crippen MR) is 114 cm³/mol. The number of hydrogen-bond donors (Lipinski definition) is 1. The maximum atomic E-state index is 6.24. The summed E-state index contributed by atoms with van der Waals surface area (Å²) in [6.07, 6.45) is 3.65. The smallest absolute Gasteiger partial charge is 0.124 e. The van der Waals surface area contributed by atoms with Crippen LogP contribution < -0.4 is 10.1 Å². The molecule has 0 fully saturated rings. The standard InChI is InChI=1S/C25H24N2O/c1-19-5-4-6-21(15-19)18-28-25-10-9-22-7-2-3-8-23(22)24(25)17-27-16-20-11-13-26-14-12-20/h2-15,27H,16-18H2,1H3. The third kappa shape index (κ3) is 4.38. The molecule has 0 saturated heterocycles. The van der Waals surface area contributed by atoms with Gasteiger partial charge in [-0.2, -0.15) is 0 Å². The Bertz CT molecular complexity index is 1060. The molecule has 0 aliphatic heterocycles. The Balaban J connectivity index is 1.55. The first kappa shape index (κ1) is 18.2. The van der Waals surface area contributed by atoms with Crippen molar-refractivity contribution >= 4 is 10.8 Å². The molecule has 3 aromatic carbocycles. The Hall–Kier alpha value is -3.17. The average Bonchev–Trinajstić information content (AvgIpc) is 2.74. The first-order chi connectivity index (χ1) is 13.8. The van der Waals surface area contributed by atoms with Crippen LogP contribution in [0, 0.1) is 6.92 Å². The van der Waals surface area contributed by atoms with Crippen LogP contribution in [-0.2, 0) is 19.7 Å². The maximum absolute atomic E-state index is 6.24. The molecule has 3 heteroatoms. The molecule has 0 aliphatic carbocycles. The van der Waals surface area contributed by atoms with Gasteiger partial charge in [-0.1, -0.05) is 60.2 Å². The molecule has 0 unspecified atom stereocenters. The second-order valence-corrected chi connectivity index (χ2v) is 7.00. The molecule has 0 radical (unpaired) electrons. The normalized spacial score (nSPS) is 10.9. The lowest BCUT2D eigenvalue weighted by molar-refractivity contribution is 0.302. The number of aromatic nitrogens is 1. The zero-order valence-electron chi connectivity index (χ0n) is 16.1. The second-order valence-electron chi connectivity index (χ2n) is 7.00. The van der Waals surface area contributed by atoms with Crippen LogP contribution in [0.5, 0.6) is 5.75 Å². The molecule has 0 atom stereocenters. The Kier molecular flexibility index (Phi) is 5.64. The highest BCUT2D eigenvalue weighted by atomic mass is 16.5. The van der Waals surface area contributed by atoms with Crippen molar-refractivity contribution in [1.29, 1.82) is 0 Å². The van der Waals surface area contributed by atoms with Gasteiger partial charge in [0.05, 0.1) is 0 Å². The number of pyridine rings is 1. The number of ether oxygens (including phenoxy) is 1. The third-order valence-electron chi connectivity index (χ3n) is 4.85. The van der Waals surface area contributed by atoms with Gasteiger partial charge in [0.15, 0.2) is 0 Å². The number of hydrogen-bond acceptors (Lipinski definition) is 3. The number of nitrogens with one attached hydrogen (secondary N) is 1. The molecule has 0 saturated carbocycles. The fourth-order valence-corrected chi connectivity index (χ4v) is 3.43. The molecule has 1 heterocycles. The van der Waals surface area contributed by atoms with E-state index in [0.717, 1.165) is 18.8 Å². The number of nitrogens with zero attached hydrogens (tertiary/aromatic N) is 1. The van der Waals surface area contributed by atoms with Gasteiger partial charge >= 0.3 is 0 Å². The predicted octanol–water partition coefficient (Wildman–Crippen LogP) is 5.41. The van der Waals surface area contributed by atoms with Crippen LogP contribution in [0.25, 0.3) is 10.8 Å². The molecule has 1 N–H and O–H groups in total. The lowest BCUT2D eigenvalue weighted by Crippen LogP contribution is -2.14. The lowest BCUT2D eigenvalue weighted by Gasteiger charge is -2.15. The quantitative estimate of drug-likeness (QED) is 0.473. The zero-order valence-corrected chi connectivity index (χ0v) is 16.1. The molecular formula is C25H24N2O. The summed E-state index contributed by atoms with van der Waals surface area (Å²) in [5.74, 6) is 0.933. The summed E-state index contributed by atoms with van der Waals surface area (Å²) in [5.41, 5.74) is 4.85. The van der Waals surface area contributed by atoms with E-state index in [2.05, 4.69) is 77.9 Å². The van der Waals surface area contributed by atoms with E-state index in [4.69, 9.17) is 4.74 Å². The first-order valence-electron chi connectivity index (χ1n) is 9.58. The molecule has 3 nitrogen and oxygen atoms in total. The number of benzene rings is 3. The van der Waals surface area contributed by atoms with Gasteiger partial charge in [-0.15, -0.1) is 0 Å². The van der Waals surface area contributed by atoms with Gasteiger partial charge < -0.3 is 10.1 Å². The van der Waals surface area contributed by atoms with Crippen LogP contribution in [0.3, 0.4) is 0 Å². The molecule has 0 aliphatic rings. The van der Waals surface area contributed by atoms with Gasteiger partial charge in [0.25, 0.3) is 0 Å². The maximum Gasteiger partial charge on any atom is 0.124 e. The summed E-state index contributed by atoms with van der Waals surface area (Å²) in [6.45, 7) is 4.21. The first-order valence-corrected chi connectivity index (χ1v) is 9.58. The van der Waals surface area contributed by atoms with E-state index in [0.29, 0.717) is 6.61 Å². The molecule has 0 spiro atoms. The molecule has 28 heavy (non-hydrogen) atoms. The Labute approximate surface area is 166 Å². The van der Waals surface area contributed by atoms with Gasteiger partial charge in [0, 0.05) is 31.0 Å². The van der Waals surface area contributed by atoms with E-state index in [1.807, 2.05) is 24.5 Å². The van der Waals surface area contributed by atoms with Crippen molar-refractivity contribution in [2.45, 2.75) is 26.6 Å². The molecule has 4 rings (SSSR count). The van der Waals surface area contributed by atoms with Crippen molar-refractivity contribution in [1.82, 2.24) is 10.3 Å². The van der Waals surface area contributed by atoms with Crippen molar-refractivity contribution < 1.29 is 4.74 Å². The van der Waals surface area contributed by atoms with Gasteiger partial charge in [-0.05, 0) is 47.0 Å². The highest BCUT2D eigenvalue weighted by Gasteiger charge is 2.09. The summed E-state index contributed by atoms with van der Waals surface area (Å²) in [5, 5.41) is 6.01. The minimum Gasteiger partial charge on any atom is -0.489 e. The SMILES string of the molecule is Cc1cccc(COc2ccc3ccccc3c2CNCc2ccncc2)c1. The average molecular weight is 368 g/mol. The number of aryl methyl sites for hydroxylation is 1. The van der Waals surface area contributed by atoms with Crippen molar-refractivity contribution in [2.75, 3.05) is 0 Å². The molecule has 4 aromatic rings.